The van der Waals surface area contributed by atoms with E-state index < -0.39 is 0 Å². The predicted molar refractivity (Wildman–Crippen MR) is 128 cm³/mol. The number of hydrogen-bond acceptors (Lipinski definition) is 3. The molecule has 2 aliphatic rings. The first-order valence-electron chi connectivity index (χ1n) is 10.6. The lowest BCUT2D eigenvalue weighted by molar-refractivity contribution is 0.0532. The highest BCUT2D eigenvalue weighted by Crippen LogP contribution is 2.48. The Labute approximate surface area is 191 Å². The first-order chi connectivity index (χ1) is 13.5. The van der Waals surface area contributed by atoms with Gasteiger partial charge in [-0.3, -0.25) is 4.99 Å². The summed E-state index contributed by atoms with van der Waals surface area (Å²) in [5.41, 5.74) is 0.748. The van der Waals surface area contributed by atoms with Gasteiger partial charge in [-0.05, 0) is 51.2 Å². The standard InChI is InChI=1S/C22H35FN4O.HI/c1-17(2)28-15-14-27-12-8-18(9-13-27)26-21(24-3)25-16-22(10-11-22)19-6-4-5-7-20(19)23;/h4-7,17-18H,8-16H2,1-3H3,(H2,24,25,26);1H. The molecule has 0 bridgehead atoms. The van der Waals surface area contributed by atoms with Crippen LogP contribution in [0, 0.1) is 5.82 Å². The van der Waals surface area contributed by atoms with Crippen LogP contribution in [0.3, 0.4) is 0 Å². The number of guanidine groups is 1. The van der Waals surface area contributed by atoms with Crippen LogP contribution in [0.25, 0.3) is 0 Å². The average molecular weight is 518 g/mol. The highest BCUT2D eigenvalue weighted by molar-refractivity contribution is 14.0. The van der Waals surface area contributed by atoms with Gasteiger partial charge in [0.25, 0.3) is 0 Å². The lowest BCUT2D eigenvalue weighted by atomic mass is 9.95. The van der Waals surface area contributed by atoms with Crippen molar-refractivity contribution in [1.29, 1.82) is 0 Å². The maximum absolute atomic E-state index is 14.2. The molecule has 0 unspecified atom stereocenters. The Hall–Kier alpha value is -0.930. The van der Waals surface area contributed by atoms with Crippen molar-refractivity contribution in [3.8, 4) is 0 Å². The van der Waals surface area contributed by atoms with Crippen molar-refractivity contribution in [3.05, 3.63) is 35.6 Å². The number of benzene rings is 1. The van der Waals surface area contributed by atoms with E-state index in [1.807, 2.05) is 12.1 Å². The normalized spacial score (nSPS) is 19.7. The third-order valence-electron chi connectivity index (χ3n) is 5.90. The molecule has 7 heteroatoms. The quantitative estimate of drug-likeness (QED) is 0.314. The smallest absolute Gasteiger partial charge is 0.191 e. The van der Waals surface area contributed by atoms with Gasteiger partial charge in [0.2, 0.25) is 0 Å². The lowest BCUT2D eigenvalue weighted by Crippen LogP contribution is -2.50. The molecule has 5 nitrogen and oxygen atoms in total. The van der Waals surface area contributed by atoms with E-state index in [0.717, 1.165) is 70.0 Å². The summed E-state index contributed by atoms with van der Waals surface area (Å²) in [5, 5.41) is 7.00. The Bertz CT molecular complexity index is 658. The Morgan fingerprint density at radius 1 is 1.28 bits per heavy atom. The molecule has 2 fully saturated rings. The average Bonchev–Trinajstić information content (AvgIpc) is 3.47. The molecule has 0 spiro atoms. The van der Waals surface area contributed by atoms with Crippen LogP contribution >= 0.6 is 24.0 Å². The number of ether oxygens (including phenoxy) is 1. The fourth-order valence-electron chi connectivity index (χ4n) is 3.94. The molecule has 1 saturated carbocycles. The zero-order valence-electron chi connectivity index (χ0n) is 17.9. The van der Waals surface area contributed by atoms with Crippen molar-refractivity contribution in [3.63, 3.8) is 0 Å². The Kier molecular flexibility index (Phi) is 9.62. The van der Waals surface area contributed by atoms with Gasteiger partial charge in [0.1, 0.15) is 5.82 Å². The van der Waals surface area contributed by atoms with E-state index in [2.05, 4.69) is 34.4 Å². The van der Waals surface area contributed by atoms with Gasteiger partial charge < -0.3 is 20.3 Å². The van der Waals surface area contributed by atoms with Gasteiger partial charge in [-0.25, -0.2) is 4.39 Å². The molecule has 0 aromatic heterocycles. The van der Waals surface area contributed by atoms with Crippen molar-refractivity contribution < 1.29 is 9.13 Å². The highest BCUT2D eigenvalue weighted by atomic mass is 127. The molecule has 0 radical (unpaired) electrons. The van der Waals surface area contributed by atoms with Crippen LogP contribution in [0.4, 0.5) is 4.39 Å². The Morgan fingerprint density at radius 3 is 2.55 bits per heavy atom. The van der Waals surface area contributed by atoms with Crippen molar-refractivity contribution >= 4 is 29.9 Å². The van der Waals surface area contributed by atoms with Gasteiger partial charge in [0.15, 0.2) is 5.96 Å². The molecule has 1 aromatic rings. The van der Waals surface area contributed by atoms with Crippen LogP contribution in [-0.4, -0.2) is 62.8 Å². The summed E-state index contributed by atoms with van der Waals surface area (Å²) in [4.78, 5) is 6.85. The second kappa shape index (κ2) is 11.5. The fraction of sp³-hybridized carbons (Fsp3) is 0.682. The van der Waals surface area contributed by atoms with E-state index in [0.29, 0.717) is 12.1 Å². The maximum Gasteiger partial charge on any atom is 0.191 e. The van der Waals surface area contributed by atoms with Crippen LogP contribution in [0.2, 0.25) is 0 Å². The zero-order chi connectivity index (χ0) is 20.0. The predicted octanol–water partition coefficient (Wildman–Crippen LogP) is 3.53. The number of nitrogens with zero attached hydrogens (tertiary/aromatic N) is 2. The van der Waals surface area contributed by atoms with Crippen LogP contribution < -0.4 is 10.6 Å². The van der Waals surface area contributed by atoms with E-state index in [4.69, 9.17) is 4.74 Å². The lowest BCUT2D eigenvalue weighted by Gasteiger charge is -2.33. The molecule has 2 N–H and O–H groups in total. The number of hydrogen-bond donors (Lipinski definition) is 2. The van der Waals surface area contributed by atoms with Gasteiger partial charge in [-0.1, -0.05) is 18.2 Å². The largest absolute Gasteiger partial charge is 0.377 e. The molecule has 1 saturated heterocycles. The molecule has 1 aliphatic heterocycles. The Balaban J connectivity index is 0.00000300. The SMILES string of the molecule is CN=C(NCC1(c2ccccc2F)CC1)NC1CCN(CCOC(C)C)CC1.I. The van der Waals surface area contributed by atoms with Crippen LogP contribution in [0.5, 0.6) is 0 Å². The highest BCUT2D eigenvalue weighted by Gasteiger charge is 2.45. The van der Waals surface area contributed by atoms with Gasteiger partial charge in [-0.2, -0.15) is 0 Å². The van der Waals surface area contributed by atoms with Crippen LogP contribution in [0.15, 0.2) is 29.3 Å². The minimum atomic E-state index is -0.0986. The van der Waals surface area contributed by atoms with E-state index in [-0.39, 0.29) is 35.2 Å². The van der Waals surface area contributed by atoms with E-state index in [1.165, 1.54) is 0 Å². The summed E-state index contributed by atoms with van der Waals surface area (Å²) in [5.74, 6) is 0.725. The third-order valence-corrected chi connectivity index (χ3v) is 5.90. The molecular weight excluding hydrogens is 482 g/mol. The van der Waals surface area contributed by atoms with Crippen molar-refractivity contribution in [2.24, 2.45) is 4.99 Å². The van der Waals surface area contributed by atoms with Crippen molar-refractivity contribution in [1.82, 2.24) is 15.5 Å². The number of halogens is 2. The van der Waals surface area contributed by atoms with Gasteiger partial charge in [0, 0.05) is 44.7 Å². The Morgan fingerprint density at radius 2 is 1.97 bits per heavy atom. The molecule has 0 amide bonds. The van der Waals surface area contributed by atoms with Crippen molar-refractivity contribution in [2.45, 2.75) is 57.1 Å². The first kappa shape index (κ1) is 24.3. The van der Waals surface area contributed by atoms with Gasteiger partial charge in [-0.15, -0.1) is 24.0 Å². The molecule has 1 aromatic carbocycles. The number of rotatable bonds is 8. The third kappa shape index (κ3) is 7.07. The monoisotopic (exact) mass is 518 g/mol. The molecule has 1 aliphatic carbocycles. The van der Waals surface area contributed by atoms with E-state index >= 15 is 0 Å². The number of aliphatic imine (C=N–C) groups is 1. The number of nitrogens with one attached hydrogen (secondary N) is 2. The topological polar surface area (TPSA) is 48.9 Å². The van der Waals surface area contributed by atoms with Crippen LogP contribution in [-0.2, 0) is 10.2 Å². The summed E-state index contributed by atoms with van der Waals surface area (Å²) in [7, 11) is 1.80. The first-order valence-corrected chi connectivity index (χ1v) is 10.6. The molecule has 1 heterocycles. The molecule has 0 atom stereocenters. The molecular formula is C22H36FIN4O. The number of likely N-dealkylation sites (tertiary alicyclic amines) is 1. The second-order valence-corrected chi connectivity index (χ2v) is 8.37. The minimum absolute atomic E-state index is 0. The van der Waals surface area contributed by atoms with E-state index in [1.54, 1.807) is 19.2 Å². The minimum Gasteiger partial charge on any atom is -0.377 e. The summed E-state index contributed by atoms with van der Waals surface area (Å²) < 4.78 is 19.8. The molecule has 3 rings (SSSR count). The van der Waals surface area contributed by atoms with Gasteiger partial charge >= 0.3 is 0 Å². The summed E-state index contributed by atoms with van der Waals surface area (Å²) in [6.07, 6.45) is 4.54. The van der Waals surface area contributed by atoms with Crippen LogP contribution in [0.1, 0.15) is 45.1 Å². The maximum atomic E-state index is 14.2. The summed E-state index contributed by atoms with van der Waals surface area (Å²) in [6.45, 7) is 8.84. The summed E-state index contributed by atoms with van der Waals surface area (Å²) in [6, 6.07) is 7.58. The number of piperidine rings is 1. The fourth-order valence-corrected chi connectivity index (χ4v) is 3.94. The van der Waals surface area contributed by atoms with Gasteiger partial charge in [0.05, 0.1) is 12.7 Å². The van der Waals surface area contributed by atoms with E-state index in [9.17, 15) is 4.39 Å². The second-order valence-electron chi connectivity index (χ2n) is 8.37. The molecule has 164 valence electrons. The zero-order valence-corrected chi connectivity index (χ0v) is 20.2. The molecule has 29 heavy (non-hydrogen) atoms. The summed E-state index contributed by atoms with van der Waals surface area (Å²) >= 11 is 0. The van der Waals surface area contributed by atoms with Crippen molar-refractivity contribution in [2.75, 3.05) is 39.8 Å².